The fraction of sp³-hybridized carbons (Fsp3) is 0.300. The number of aldehydes is 1. The van der Waals surface area contributed by atoms with Gasteiger partial charge in [-0.25, -0.2) is 0 Å². The zero-order valence-electron chi connectivity index (χ0n) is 7.66. The molecule has 0 aliphatic heterocycles. The van der Waals surface area contributed by atoms with Gasteiger partial charge in [0.2, 0.25) is 0 Å². The molecule has 0 radical (unpaired) electrons. The number of carbonyl (C=O) groups is 1. The molecule has 0 atom stereocenters. The lowest BCUT2D eigenvalue weighted by molar-refractivity contribution is 0.112. The van der Waals surface area contributed by atoms with Gasteiger partial charge in [-0.2, -0.15) is 0 Å². The summed E-state index contributed by atoms with van der Waals surface area (Å²) < 4.78 is 0. The molecule has 1 aromatic carbocycles. The van der Waals surface area contributed by atoms with Crippen molar-refractivity contribution in [3.8, 4) is 5.75 Å². The van der Waals surface area contributed by atoms with E-state index in [1.165, 1.54) is 6.07 Å². The number of hydrogen-bond acceptors (Lipinski definition) is 2. The van der Waals surface area contributed by atoms with Gasteiger partial charge < -0.3 is 5.11 Å². The molecule has 0 unspecified atom stereocenters. The Balaban J connectivity index is 0.000000561. The molecule has 0 saturated heterocycles. The topological polar surface area (TPSA) is 37.3 Å². The molecule has 0 fully saturated rings. The summed E-state index contributed by atoms with van der Waals surface area (Å²) in [5, 5.41) is 9.02. The lowest BCUT2D eigenvalue weighted by atomic mass is 10.1. The number of carbonyl (C=O) groups excluding carboxylic acids is 1. The van der Waals surface area contributed by atoms with Gasteiger partial charge in [0, 0.05) is 5.56 Å². The van der Waals surface area contributed by atoms with Crippen molar-refractivity contribution in [3.63, 3.8) is 0 Å². The van der Waals surface area contributed by atoms with Gasteiger partial charge in [-0.05, 0) is 30.7 Å². The van der Waals surface area contributed by atoms with Crippen LogP contribution in [0.15, 0.2) is 18.2 Å². The zero-order chi connectivity index (χ0) is 9.56. The van der Waals surface area contributed by atoms with Crippen LogP contribution in [0.2, 0.25) is 0 Å². The van der Waals surface area contributed by atoms with E-state index in [0.717, 1.165) is 11.8 Å². The summed E-state index contributed by atoms with van der Waals surface area (Å²) in [6.07, 6.45) is 0.756. The first-order chi connectivity index (χ1) is 5.74. The zero-order valence-corrected chi connectivity index (χ0v) is 7.66. The van der Waals surface area contributed by atoms with Crippen LogP contribution in [0.5, 0.6) is 5.75 Å². The summed E-state index contributed by atoms with van der Waals surface area (Å²) in [7, 11) is 0. The lowest BCUT2D eigenvalue weighted by Crippen LogP contribution is -1.80. The van der Waals surface area contributed by atoms with Crippen molar-refractivity contribution < 1.29 is 9.90 Å². The van der Waals surface area contributed by atoms with Crippen LogP contribution < -0.4 is 0 Å². The highest BCUT2D eigenvalue weighted by atomic mass is 16.3. The molecule has 0 spiro atoms. The Morgan fingerprint density at radius 1 is 1.33 bits per heavy atom. The van der Waals surface area contributed by atoms with E-state index < -0.39 is 0 Å². The highest BCUT2D eigenvalue weighted by molar-refractivity contribution is 5.75. The third-order valence-corrected chi connectivity index (χ3v) is 1.36. The van der Waals surface area contributed by atoms with Gasteiger partial charge in [0.05, 0.1) is 0 Å². The van der Waals surface area contributed by atoms with Crippen molar-refractivity contribution >= 4 is 6.29 Å². The number of phenols is 1. The van der Waals surface area contributed by atoms with E-state index >= 15 is 0 Å². The Morgan fingerprint density at radius 2 is 1.92 bits per heavy atom. The van der Waals surface area contributed by atoms with Crippen LogP contribution in [0.25, 0.3) is 0 Å². The first kappa shape index (κ1) is 10.7. The Kier molecular flexibility index (Phi) is 4.77. The van der Waals surface area contributed by atoms with E-state index in [9.17, 15) is 4.79 Å². The predicted molar refractivity (Wildman–Crippen MR) is 49.6 cm³/mol. The molecule has 2 nitrogen and oxygen atoms in total. The SMILES string of the molecule is CC.Cc1cc(C=O)ccc1O. The van der Waals surface area contributed by atoms with E-state index in [2.05, 4.69) is 0 Å². The molecule has 0 aliphatic rings. The Hall–Kier alpha value is -1.31. The molecule has 12 heavy (non-hydrogen) atoms. The highest BCUT2D eigenvalue weighted by Gasteiger charge is 1.94. The monoisotopic (exact) mass is 166 g/mol. The van der Waals surface area contributed by atoms with E-state index in [0.29, 0.717) is 5.56 Å². The van der Waals surface area contributed by atoms with Crippen LogP contribution in [0.3, 0.4) is 0 Å². The third kappa shape index (κ3) is 2.74. The summed E-state index contributed by atoms with van der Waals surface area (Å²) in [6.45, 7) is 5.75. The van der Waals surface area contributed by atoms with Crippen LogP contribution in [0, 0.1) is 6.92 Å². The van der Waals surface area contributed by atoms with E-state index in [1.54, 1.807) is 19.1 Å². The first-order valence-electron chi connectivity index (χ1n) is 3.99. The van der Waals surface area contributed by atoms with E-state index in [4.69, 9.17) is 5.11 Å². The van der Waals surface area contributed by atoms with Crippen molar-refractivity contribution in [1.82, 2.24) is 0 Å². The van der Waals surface area contributed by atoms with Gasteiger partial charge in [0.1, 0.15) is 12.0 Å². The highest BCUT2D eigenvalue weighted by Crippen LogP contribution is 2.15. The molecule has 2 heteroatoms. The quantitative estimate of drug-likeness (QED) is 0.651. The number of benzene rings is 1. The van der Waals surface area contributed by atoms with E-state index in [1.807, 2.05) is 13.8 Å². The molecular formula is C10H14O2. The minimum Gasteiger partial charge on any atom is -0.508 e. The van der Waals surface area contributed by atoms with Crippen molar-refractivity contribution in [1.29, 1.82) is 0 Å². The van der Waals surface area contributed by atoms with Gasteiger partial charge in [-0.3, -0.25) is 4.79 Å². The molecule has 0 heterocycles. The largest absolute Gasteiger partial charge is 0.508 e. The minimum atomic E-state index is 0.227. The maximum absolute atomic E-state index is 10.2. The maximum atomic E-state index is 10.2. The van der Waals surface area contributed by atoms with Crippen LogP contribution in [0.1, 0.15) is 29.8 Å². The fourth-order valence-electron chi connectivity index (χ4n) is 0.752. The second-order valence-electron chi connectivity index (χ2n) is 2.16. The normalized spacial score (nSPS) is 8.25. The molecule has 1 aromatic rings. The van der Waals surface area contributed by atoms with Crippen molar-refractivity contribution in [2.75, 3.05) is 0 Å². The summed E-state index contributed by atoms with van der Waals surface area (Å²) in [5.41, 5.74) is 1.32. The van der Waals surface area contributed by atoms with Gasteiger partial charge in [-0.1, -0.05) is 13.8 Å². The molecule has 0 aliphatic carbocycles. The predicted octanol–water partition coefficient (Wildman–Crippen LogP) is 2.54. The molecule has 0 aromatic heterocycles. The van der Waals surface area contributed by atoms with Crippen LogP contribution in [-0.2, 0) is 0 Å². The van der Waals surface area contributed by atoms with Crippen LogP contribution >= 0.6 is 0 Å². The molecular weight excluding hydrogens is 152 g/mol. The van der Waals surface area contributed by atoms with Crippen molar-refractivity contribution in [2.45, 2.75) is 20.8 Å². The van der Waals surface area contributed by atoms with Crippen LogP contribution in [0.4, 0.5) is 0 Å². The summed E-state index contributed by atoms with van der Waals surface area (Å²) in [4.78, 5) is 10.2. The summed E-state index contributed by atoms with van der Waals surface area (Å²) >= 11 is 0. The number of rotatable bonds is 1. The number of hydrogen-bond donors (Lipinski definition) is 1. The number of aromatic hydroxyl groups is 1. The van der Waals surface area contributed by atoms with Gasteiger partial charge >= 0.3 is 0 Å². The average Bonchev–Trinajstić information content (AvgIpc) is 2.13. The molecule has 0 amide bonds. The standard InChI is InChI=1S/C8H8O2.C2H6/c1-6-4-7(5-9)2-3-8(6)10;1-2/h2-5,10H,1H3;1-2H3. The Morgan fingerprint density at radius 3 is 2.33 bits per heavy atom. The second kappa shape index (κ2) is 5.35. The average molecular weight is 166 g/mol. The van der Waals surface area contributed by atoms with Gasteiger partial charge in [0.15, 0.2) is 0 Å². The van der Waals surface area contributed by atoms with Crippen molar-refractivity contribution in [3.05, 3.63) is 29.3 Å². The molecule has 0 bridgehead atoms. The first-order valence-corrected chi connectivity index (χ1v) is 3.99. The lowest BCUT2D eigenvalue weighted by Gasteiger charge is -1.96. The Bertz CT molecular complexity index is 254. The molecule has 0 saturated carbocycles. The molecule has 1 rings (SSSR count). The van der Waals surface area contributed by atoms with E-state index in [-0.39, 0.29) is 5.75 Å². The number of phenolic OH excluding ortho intramolecular Hbond substituents is 1. The maximum Gasteiger partial charge on any atom is 0.150 e. The fourth-order valence-corrected chi connectivity index (χ4v) is 0.752. The smallest absolute Gasteiger partial charge is 0.150 e. The molecule has 1 N–H and O–H groups in total. The second-order valence-corrected chi connectivity index (χ2v) is 2.16. The Labute approximate surface area is 72.9 Å². The summed E-state index contributed by atoms with van der Waals surface area (Å²) in [6, 6.07) is 4.73. The van der Waals surface area contributed by atoms with Gasteiger partial charge in [-0.15, -0.1) is 0 Å². The number of aryl methyl sites for hydroxylation is 1. The summed E-state index contributed by atoms with van der Waals surface area (Å²) in [5.74, 6) is 0.227. The van der Waals surface area contributed by atoms with Crippen LogP contribution in [-0.4, -0.2) is 11.4 Å². The third-order valence-electron chi connectivity index (χ3n) is 1.36. The van der Waals surface area contributed by atoms with Gasteiger partial charge in [0.25, 0.3) is 0 Å². The van der Waals surface area contributed by atoms with Crippen molar-refractivity contribution in [2.24, 2.45) is 0 Å². The minimum absolute atomic E-state index is 0.227. The molecule has 66 valence electrons.